The second-order valence-corrected chi connectivity index (χ2v) is 5.71. The highest BCUT2D eigenvalue weighted by molar-refractivity contribution is 4.79. The van der Waals surface area contributed by atoms with Gasteiger partial charge in [0.1, 0.15) is 0 Å². The monoisotopic (exact) mass is 229 g/mol. The van der Waals surface area contributed by atoms with Crippen LogP contribution in [0.3, 0.4) is 0 Å². The fourth-order valence-corrected chi connectivity index (χ4v) is 2.21. The highest BCUT2D eigenvalue weighted by Crippen LogP contribution is 2.20. The third-order valence-electron chi connectivity index (χ3n) is 3.86. The van der Waals surface area contributed by atoms with E-state index in [0.717, 1.165) is 25.9 Å². The third kappa shape index (κ3) is 5.31. The fraction of sp³-hybridized carbons (Fsp3) is 1.00. The van der Waals surface area contributed by atoms with E-state index in [2.05, 4.69) is 33.0 Å². The second-order valence-electron chi connectivity index (χ2n) is 5.71. The van der Waals surface area contributed by atoms with Gasteiger partial charge in [0.2, 0.25) is 0 Å². The van der Waals surface area contributed by atoms with E-state index in [4.69, 9.17) is 0 Å². The van der Waals surface area contributed by atoms with Crippen LogP contribution in [0.15, 0.2) is 0 Å². The lowest BCUT2D eigenvalue weighted by Gasteiger charge is -2.29. The molecule has 0 aromatic carbocycles. The van der Waals surface area contributed by atoms with Crippen LogP contribution < -0.4 is 5.32 Å². The molecular weight excluding hydrogens is 198 g/mol. The summed E-state index contributed by atoms with van der Waals surface area (Å²) in [5, 5.41) is 13.6. The van der Waals surface area contributed by atoms with Crippen molar-refractivity contribution in [1.82, 2.24) is 5.32 Å². The molecule has 0 radical (unpaired) electrons. The highest BCUT2D eigenvalue weighted by Gasteiger charge is 2.23. The lowest BCUT2D eigenvalue weighted by atomic mass is 9.85. The standard InChI is InChI=1S/C14H31NO/c1-7-14(16,8-2)10-15-9-13(11(3)4)12(5)6/h11-13,15-16H,7-10H2,1-6H3. The van der Waals surface area contributed by atoms with Crippen LogP contribution >= 0.6 is 0 Å². The molecule has 0 aliphatic heterocycles. The Kier molecular flexibility index (Phi) is 7.25. The molecule has 98 valence electrons. The minimum absolute atomic E-state index is 0.515. The third-order valence-corrected chi connectivity index (χ3v) is 3.86. The summed E-state index contributed by atoms with van der Waals surface area (Å²) < 4.78 is 0. The van der Waals surface area contributed by atoms with Gasteiger partial charge in [-0.3, -0.25) is 0 Å². The van der Waals surface area contributed by atoms with Crippen molar-refractivity contribution in [3.05, 3.63) is 0 Å². The molecule has 0 rings (SSSR count). The zero-order chi connectivity index (χ0) is 12.8. The Morgan fingerprint density at radius 2 is 1.44 bits per heavy atom. The Bertz CT molecular complexity index is 166. The lowest BCUT2D eigenvalue weighted by Crippen LogP contribution is -2.42. The molecule has 0 spiro atoms. The van der Waals surface area contributed by atoms with Crippen LogP contribution in [0.2, 0.25) is 0 Å². The first-order chi connectivity index (χ1) is 7.36. The van der Waals surface area contributed by atoms with Crippen LogP contribution in [0.1, 0.15) is 54.4 Å². The molecule has 0 aliphatic carbocycles. The Labute approximate surface area is 102 Å². The van der Waals surface area contributed by atoms with Gasteiger partial charge in [-0.05, 0) is 37.1 Å². The molecule has 0 unspecified atom stereocenters. The first-order valence-corrected chi connectivity index (χ1v) is 6.79. The van der Waals surface area contributed by atoms with Gasteiger partial charge in [-0.2, -0.15) is 0 Å². The molecule has 0 atom stereocenters. The maximum absolute atomic E-state index is 10.2. The van der Waals surface area contributed by atoms with Crippen LogP contribution in [-0.2, 0) is 0 Å². The van der Waals surface area contributed by atoms with E-state index in [1.807, 2.05) is 13.8 Å². The smallest absolute Gasteiger partial charge is 0.0766 e. The quantitative estimate of drug-likeness (QED) is 0.670. The molecule has 0 bridgehead atoms. The first kappa shape index (κ1) is 15.9. The predicted octanol–water partition coefficient (Wildman–Crippen LogP) is 3.06. The van der Waals surface area contributed by atoms with E-state index < -0.39 is 5.60 Å². The van der Waals surface area contributed by atoms with E-state index in [-0.39, 0.29) is 0 Å². The van der Waals surface area contributed by atoms with Gasteiger partial charge < -0.3 is 10.4 Å². The maximum atomic E-state index is 10.2. The SMILES string of the molecule is CCC(O)(CC)CNCC(C(C)C)C(C)C. The average molecular weight is 229 g/mol. The number of aliphatic hydroxyl groups is 1. The topological polar surface area (TPSA) is 32.3 Å². The molecule has 0 saturated heterocycles. The van der Waals surface area contributed by atoms with Crippen molar-refractivity contribution >= 4 is 0 Å². The number of hydrogen-bond donors (Lipinski definition) is 2. The molecule has 2 heteroatoms. The average Bonchev–Trinajstić information content (AvgIpc) is 2.23. The Morgan fingerprint density at radius 3 is 1.75 bits per heavy atom. The largest absolute Gasteiger partial charge is 0.389 e. The summed E-state index contributed by atoms with van der Waals surface area (Å²) in [6.07, 6.45) is 1.65. The van der Waals surface area contributed by atoms with Gasteiger partial charge >= 0.3 is 0 Å². The van der Waals surface area contributed by atoms with Crippen molar-refractivity contribution in [2.24, 2.45) is 17.8 Å². The zero-order valence-corrected chi connectivity index (χ0v) is 12.0. The Balaban J connectivity index is 4.04. The Hall–Kier alpha value is -0.0800. The Morgan fingerprint density at radius 1 is 1.00 bits per heavy atom. The molecule has 0 aromatic heterocycles. The van der Waals surface area contributed by atoms with Crippen LogP contribution in [0.4, 0.5) is 0 Å². The van der Waals surface area contributed by atoms with Crippen molar-refractivity contribution in [1.29, 1.82) is 0 Å². The van der Waals surface area contributed by atoms with Crippen LogP contribution in [0.5, 0.6) is 0 Å². The van der Waals surface area contributed by atoms with E-state index in [9.17, 15) is 5.11 Å². The molecule has 16 heavy (non-hydrogen) atoms. The maximum Gasteiger partial charge on any atom is 0.0766 e. The van der Waals surface area contributed by atoms with Gasteiger partial charge in [-0.1, -0.05) is 41.5 Å². The summed E-state index contributed by atoms with van der Waals surface area (Å²) in [5.74, 6) is 2.09. The summed E-state index contributed by atoms with van der Waals surface area (Å²) in [6.45, 7) is 14.9. The molecular formula is C14H31NO. The van der Waals surface area contributed by atoms with Crippen molar-refractivity contribution < 1.29 is 5.11 Å². The molecule has 0 aliphatic rings. The summed E-state index contributed by atoms with van der Waals surface area (Å²) in [5.41, 5.74) is -0.515. The van der Waals surface area contributed by atoms with Gasteiger partial charge in [0.05, 0.1) is 5.60 Å². The molecule has 0 saturated carbocycles. The van der Waals surface area contributed by atoms with Crippen molar-refractivity contribution in [3.63, 3.8) is 0 Å². The van der Waals surface area contributed by atoms with E-state index in [1.165, 1.54) is 0 Å². The van der Waals surface area contributed by atoms with Gasteiger partial charge in [0.25, 0.3) is 0 Å². The van der Waals surface area contributed by atoms with Crippen molar-refractivity contribution in [2.75, 3.05) is 13.1 Å². The van der Waals surface area contributed by atoms with Crippen LogP contribution in [-0.4, -0.2) is 23.8 Å². The second kappa shape index (κ2) is 7.29. The predicted molar refractivity (Wildman–Crippen MR) is 71.6 cm³/mol. The zero-order valence-electron chi connectivity index (χ0n) is 12.0. The van der Waals surface area contributed by atoms with Gasteiger partial charge in [-0.15, -0.1) is 0 Å². The summed E-state index contributed by atoms with van der Waals surface area (Å²) >= 11 is 0. The summed E-state index contributed by atoms with van der Waals surface area (Å²) in [4.78, 5) is 0. The van der Waals surface area contributed by atoms with E-state index in [0.29, 0.717) is 17.8 Å². The highest BCUT2D eigenvalue weighted by atomic mass is 16.3. The fourth-order valence-electron chi connectivity index (χ4n) is 2.21. The van der Waals surface area contributed by atoms with Crippen LogP contribution in [0, 0.1) is 17.8 Å². The molecule has 0 amide bonds. The molecule has 0 fully saturated rings. The van der Waals surface area contributed by atoms with Gasteiger partial charge in [0, 0.05) is 6.54 Å². The first-order valence-electron chi connectivity index (χ1n) is 6.79. The molecule has 2 nitrogen and oxygen atoms in total. The van der Waals surface area contributed by atoms with Crippen molar-refractivity contribution in [2.45, 2.75) is 60.0 Å². The molecule has 0 aromatic rings. The normalized spacial score (nSPS) is 13.1. The van der Waals surface area contributed by atoms with E-state index in [1.54, 1.807) is 0 Å². The number of hydrogen-bond acceptors (Lipinski definition) is 2. The molecule has 2 N–H and O–H groups in total. The van der Waals surface area contributed by atoms with Crippen LogP contribution in [0.25, 0.3) is 0 Å². The lowest BCUT2D eigenvalue weighted by molar-refractivity contribution is 0.0306. The van der Waals surface area contributed by atoms with Gasteiger partial charge in [-0.25, -0.2) is 0 Å². The van der Waals surface area contributed by atoms with Crippen molar-refractivity contribution in [3.8, 4) is 0 Å². The van der Waals surface area contributed by atoms with Gasteiger partial charge in [0.15, 0.2) is 0 Å². The minimum atomic E-state index is -0.515. The number of nitrogens with one attached hydrogen (secondary N) is 1. The summed E-state index contributed by atoms with van der Waals surface area (Å²) in [6, 6.07) is 0. The van der Waals surface area contributed by atoms with E-state index >= 15 is 0 Å². The minimum Gasteiger partial charge on any atom is -0.389 e. The summed E-state index contributed by atoms with van der Waals surface area (Å²) in [7, 11) is 0. The molecule has 0 heterocycles. The number of rotatable bonds is 8.